The van der Waals surface area contributed by atoms with Crippen LogP contribution in [0.4, 0.5) is 0 Å². The van der Waals surface area contributed by atoms with E-state index < -0.39 is 6.29 Å². The van der Waals surface area contributed by atoms with Crippen LogP contribution in [0.2, 0.25) is 0 Å². The number of carbonyl (C=O) groups excluding carboxylic acids is 1. The van der Waals surface area contributed by atoms with Crippen molar-refractivity contribution in [2.75, 3.05) is 65.8 Å². The van der Waals surface area contributed by atoms with Crippen LogP contribution < -0.4 is 0 Å². The quantitative estimate of drug-likeness (QED) is 0.357. The third-order valence-electron chi connectivity index (χ3n) is 8.66. The molecule has 2 aromatic rings. The highest BCUT2D eigenvalue weighted by Crippen LogP contribution is 2.42. The lowest BCUT2D eigenvalue weighted by Gasteiger charge is -2.41. The van der Waals surface area contributed by atoms with Crippen LogP contribution in [-0.2, 0) is 23.7 Å². The molecule has 0 radical (unpaired) electrons. The Bertz CT molecular complexity index is 1120. The number of ether oxygens (including phenoxy) is 4. The molecule has 2 saturated heterocycles. The van der Waals surface area contributed by atoms with Gasteiger partial charge in [0.25, 0.3) is 5.91 Å². The normalized spacial score (nSPS) is 24.4. The number of benzene rings is 1. The van der Waals surface area contributed by atoms with Gasteiger partial charge in [0.05, 0.1) is 32.7 Å². The Morgan fingerprint density at radius 1 is 1.00 bits per heavy atom. The van der Waals surface area contributed by atoms with E-state index in [1.165, 1.54) is 32.4 Å². The van der Waals surface area contributed by atoms with Crippen LogP contribution in [0, 0.1) is 5.92 Å². The third kappa shape index (κ3) is 7.51. The zero-order chi connectivity index (χ0) is 28.4. The molecular formula is C32H46N2O7. The molecule has 0 unspecified atom stereocenters. The number of hydrogen-bond donors (Lipinski definition) is 1. The zero-order valence-corrected chi connectivity index (χ0v) is 24.4. The van der Waals surface area contributed by atoms with Crippen LogP contribution in [0.3, 0.4) is 0 Å². The first-order valence-electron chi connectivity index (χ1n) is 15.5. The summed E-state index contributed by atoms with van der Waals surface area (Å²) in [6, 6.07) is 8.57. The third-order valence-corrected chi connectivity index (χ3v) is 8.66. The van der Waals surface area contributed by atoms with Crippen molar-refractivity contribution in [2.45, 2.75) is 63.7 Å². The molecule has 0 aliphatic carbocycles. The van der Waals surface area contributed by atoms with Crippen LogP contribution >= 0.6 is 0 Å². The minimum Gasteiger partial charge on any atom is -0.464 e. The second-order valence-electron chi connectivity index (χ2n) is 11.2. The van der Waals surface area contributed by atoms with Crippen molar-refractivity contribution in [3.05, 3.63) is 47.9 Å². The van der Waals surface area contributed by atoms with Gasteiger partial charge < -0.3 is 38.3 Å². The van der Waals surface area contributed by atoms with Crippen molar-refractivity contribution in [3.8, 4) is 0 Å². The molecule has 1 N–H and O–H groups in total. The van der Waals surface area contributed by atoms with Crippen molar-refractivity contribution in [1.82, 2.24) is 9.80 Å². The first-order chi connectivity index (χ1) is 20.2. The topological polar surface area (TPSA) is 93.8 Å². The predicted molar refractivity (Wildman–Crippen MR) is 155 cm³/mol. The smallest absolute Gasteiger partial charge is 0.288 e. The predicted octanol–water partition coefficient (Wildman–Crippen LogP) is 4.30. The molecule has 9 nitrogen and oxygen atoms in total. The van der Waals surface area contributed by atoms with E-state index in [0.717, 1.165) is 42.5 Å². The van der Waals surface area contributed by atoms with Gasteiger partial charge >= 0.3 is 0 Å². The van der Waals surface area contributed by atoms with Crippen LogP contribution in [-0.4, -0.2) is 99.0 Å². The summed E-state index contributed by atoms with van der Waals surface area (Å²) < 4.78 is 29.6. The molecule has 9 heteroatoms. The van der Waals surface area contributed by atoms with Crippen molar-refractivity contribution in [2.24, 2.45) is 5.92 Å². The molecule has 1 amide bonds. The Kier molecular flexibility index (Phi) is 11.1. The van der Waals surface area contributed by atoms with Crippen LogP contribution in [0.5, 0.6) is 0 Å². The fraction of sp³-hybridized carbons (Fsp3) is 0.656. The Balaban J connectivity index is 1.32. The highest BCUT2D eigenvalue weighted by molar-refractivity contribution is 5.92. The number of carbonyl (C=O) groups is 1. The largest absolute Gasteiger partial charge is 0.464 e. The number of allylic oxidation sites excluding steroid dienone is 1. The maximum Gasteiger partial charge on any atom is 0.288 e. The highest BCUT2D eigenvalue weighted by atomic mass is 16.7. The number of furan rings is 1. The summed E-state index contributed by atoms with van der Waals surface area (Å²) in [4.78, 5) is 18.4. The second-order valence-corrected chi connectivity index (χ2v) is 11.2. The highest BCUT2D eigenvalue weighted by Gasteiger charge is 2.40. The molecule has 226 valence electrons. The summed E-state index contributed by atoms with van der Waals surface area (Å²) in [6.07, 6.45) is 9.80. The first-order valence-corrected chi connectivity index (χ1v) is 15.5. The summed E-state index contributed by atoms with van der Waals surface area (Å²) in [7, 11) is 0. The minimum atomic E-state index is -0.581. The lowest BCUT2D eigenvalue weighted by Crippen LogP contribution is -2.49. The van der Waals surface area contributed by atoms with Gasteiger partial charge in [0.2, 0.25) is 6.29 Å². The Hall–Kier alpha value is -2.43. The van der Waals surface area contributed by atoms with E-state index in [4.69, 9.17) is 28.5 Å². The Morgan fingerprint density at radius 2 is 1.76 bits per heavy atom. The SMILES string of the molecule is CCO[C@H]1OC(C(=O)N2CCC(N3CCCCC3)CC2)=C[C@@H](c2coc3ccccc23)[C@H]1CCOCCOCCO. The van der Waals surface area contributed by atoms with E-state index in [1.54, 1.807) is 0 Å². The van der Waals surface area contributed by atoms with Crippen LogP contribution in [0.1, 0.15) is 56.9 Å². The van der Waals surface area contributed by atoms with Gasteiger partial charge in [-0.1, -0.05) is 24.6 Å². The van der Waals surface area contributed by atoms with Gasteiger partial charge in [0.15, 0.2) is 5.76 Å². The number of rotatable bonds is 13. The molecule has 4 heterocycles. The summed E-state index contributed by atoms with van der Waals surface area (Å²) in [5, 5.41) is 9.92. The molecule has 41 heavy (non-hydrogen) atoms. The molecule has 1 aromatic carbocycles. The number of piperidine rings is 2. The Morgan fingerprint density at radius 3 is 2.51 bits per heavy atom. The van der Waals surface area contributed by atoms with E-state index in [9.17, 15) is 4.79 Å². The number of likely N-dealkylation sites (tertiary alicyclic amines) is 2. The Labute approximate surface area is 243 Å². The van der Waals surface area contributed by atoms with E-state index >= 15 is 0 Å². The number of fused-ring (bicyclic) bond motifs is 1. The summed E-state index contributed by atoms with van der Waals surface area (Å²) in [5.74, 6) is 0.101. The molecule has 3 aliphatic heterocycles. The molecule has 2 fully saturated rings. The number of hydrogen-bond acceptors (Lipinski definition) is 8. The van der Waals surface area contributed by atoms with Gasteiger partial charge in [-0.05, 0) is 64.3 Å². The van der Waals surface area contributed by atoms with Crippen molar-refractivity contribution in [3.63, 3.8) is 0 Å². The van der Waals surface area contributed by atoms with E-state index in [2.05, 4.69) is 11.0 Å². The molecule has 5 rings (SSSR count). The molecule has 0 saturated carbocycles. The average Bonchev–Trinajstić information content (AvgIpc) is 3.45. The molecular weight excluding hydrogens is 524 g/mol. The molecule has 3 atom stereocenters. The maximum atomic E-state index is 13.8. The van der Waals surface area contributed by atoms with Crippen molar-refractivity contribution in [1.29, 1.82) is 0 Å². The van der Waals surface area contributed by atoms with E-state index in [0.29, 0.717) is 51.3 Å². The lowest BCUT2D eigenvalue weighted by atomic mass is 9.81. The van der Waals surface area contributed by atoms with Gasteiger partial charge in [-0.15, -0.1) is 0 Å². The standard InChI is InChI=1S/C32H46N2O7/c1-2-39-32-26(12-18-37-20-21-38-19-17-35)27(28-23-40-29-9-5-4-8-25(28)29)22-30(41-32)31(36)34-15-10-24(11-16-34)33-13-6-3-7-14-33/h4-5,8-9,22-24,26-27,32,35H,2-3,6-7,10-21H2,1H3/t26-,27-,32+/m1/s1. The van der Waals surface area contributed by atoms with Gasteiger partial charge in [0.1, 0.15) is 5.58 Å². The van der Waals surface area contributed by atoms with Gasteiger partial charge in [-0.2, -0.15) is 0 Å². The van der Waals surface area contributed by atoms with E-state index in [-0.39, 0.29) is 24.3 Å². The lowest BCUT2D eigenvalue weighted by molar-refractivity contribution is -0.172. The average molecular weight is 571 g/mol. The monoisotopic (exact) mass is 570 g/mol. The van der Waals surface area contributed by atoms with Gasteiger partial charge in [0, 0.05) is 55.1 Å². The summed E-state index contributed by atoms with van der Waals surface area (Å²) in [5.41, 5.74) is 1.85. The number of aliphatic hydroxyl groups is 1. The fourth-order valence-electron chi connectivity index (χ4n) is 6.52. The van der Waals surface area contributed by atoms with Gasteiger partial charge in [-0.3, -0.25) is 4.79 Å². The maximum absolute atomic E-state index is 13.8. The number of aliphatic hydroxyl groups excluding tert-OH is 1. The van der Waals surface area contributed by atoms with Gasteiger partial charge in [-0.25, -0.2) is 0 Å². The van der Waals surface area contributed by atoms with Crippen molar-refractivity contribution < 1.29 is 33.3 Å². The minimum absolute atomic E-state index is 0.000368. The zero-order valence-electron chi connectivity index (χ0n) is 24.4. The number of nitrogens with zero attached hydrogens (tertiary/aromatic N) is 2. The summed E-state index contributed by atoms with van der Waals surface area (Å²) >= 11 is 0. The van der Waals surface area contributed by atoms with Crippen molar-refractivity contribution >= 4 is 16.9 Å². The molecule has 3 aliphatic rings. The molecule has 0 spiro atoms. The van der Waals surface area contributed by atoms with Crippen LogP contribution in [0.15, 0.2) is 46.8 Å². The molecule has 0 bridgehead atoms. The van der Waals surface area contributed by atoms with Crippen LogP contribution in [0.25, 0.3) is 11.0 Å². The fourth-order valence-corrected chi connectivity index (χ4v) is 6.52. The number of para-hydroxylation sites is 1. The second kappa shape index (κ2) is 15.2. The summed E-state index contributed by atoms with van der Waals surface area (Å²) in [6.45, 7) is 7.95. The molecule has 1 aromatic heterocycles. The first kappa shape index (κ1) is 30.0. The van der Waals surface area contributed by atoms with E-state index in [1.807, 2.05) is 42.4 Å². The number of amides is 1.